The Morgan fingerprint density at radius 3 is 2.00 bits per heavy atom. The van der Waals surface area contributed by atoms with E-state index >= 15 is 0 Å². The minimum atomic E-state index is 0.611. The maximum absolute atomic E-state index is 4.58. The first-order valence-electron chi connectivity index (χ1n) is 8.90. The number of nitrogens with zero attached hydrogens (tertiary/aromatic N) is 3. The summed E-state index contributed by atoms with van der Waals surface area (Å²) in [5.41, 5.74) is 5.41. The van der Waals surface area contributed by atoms with Gasteiger partial charge in [0.1, 0.15) is 5.69 Å². The average molecular weight is 359 g/mol. The van der Waals surface area contributed by atoms with Gasteiger partial charge in [0, 0.05) is 5.56 Å². The van der Waals surface area contributed by atoms with Gasteiger partial charge in [-0.25, -0.2) is 9.97 Å². The molecule has 1 heterocycles. The van der Waals surface area contributed by atoms with Crippen LogP contribution in [0.5, 0.6) is 0 Å². The van der Waals surface area contributed by atoms with Gasteiger partial charge in [-0.05, 0) is 41.7 Å². The first-order valence-corrected chi connectivity index (χ1v) is 9.30. The quantitative estimate of drug-likeness (QED) is 0.283. The molecule has 0 spiro atoms. The van der Waals surface area contributed by atoms with Gasteiger partial charge in [-0.1, -0.05) is 68.3 Å². The van der Waals surface area contributed by atoms with Crippen LogP contribution in [0.1, 0.15) is 31.7 Å². The molecule has 3 rings (SSSR count). The van der Waals surface area contributed by atoms with Crippen LogP contribution in [0, 0.1) is 0 Å². The Labute approximate surface area is 159 Å². The van der Waals surface area contributed by atoms with Crippen LogP contribution in [0.2, 0.25) is 0 Å². The third-order valence-electron chi connectivity index (χ3n) is 4.31. The minimum absolute atomic E-state index is 0.611. The highest BCUT2D eigenvalue weighted by Crippen LogP contribution is 2.24. The van der Waals surface area contributed by atoms with E-state index in [-0.39, 0.29) is 0 Å². The number of isothiocyanates is 1. The third kappa shape index (κ3) is 4.69. The number of aryl methyl sites for hydroxylation is 1. The molecule has 4 heteroatoms. The van der Waals surface area contributed by atoms with Crippen molar-refractivity contribution < 1.29 is 0 Å². The highest BCUT2D eigenvalue weighted by molar-refractivity contribution is 7.78. The molecule has 0 bridgehead atoms. The second-order valence-electron chi connectivity index (χ2n) is 6.20. The number of thiocarbonyl (C=S) groups is 1. The zero-order chi connectivity index (χ0) is 18.2. The summed E-state index contributed by atoms with van der Waals surface area (Å²) in [5, 5.41) is 2.32. The molecule has 0 fully saturated rings. The zero-order valence-electron chi connectivity index (χ0n) is 14.9. The lowest BCUT2D eigenvalue weighted by molar-refractivity contribution is 0.717. The van der Waals surface area contributed by atoms with Crippen molar-refractivity contribution in [3.63, 3.8) is 0 Å². The van der Waals surface area contributed by atoms with Gasteiger partial charge in [0.25, 0.3) is 0 Å². The summed E-state index contributed by atoms with van der Waals surface area (Å²) >= 11 is 4.58. The molecule has 1 aromatic heterocycles. The van der Waals surface area contributed by atoms with Gasteiger partial charge in [-0.15, -0.1) is 0 Å². The Bertz CT molecular complexity index is 878. The molecule has 3 nitrogen and oxygen atoms in total. The fraction of sp³-hybridized carbons (Fsp3) is 0.227. The highest BCUT2D eigenvalue weighted by atomic mass is 32.1. The molecular weight excluding hydrogens is 338 g/mol. The molecule has 0 aliphatic carbocycles. The van der Waals surface area contributed by atoms with Crippen LogP contribution in [0.3, 0.4) is 0 Å². The lowest BCUT2D eigenvalue weighted by atomic mass is 10.0. The molecule has 0 amide bonds. The van der Waals surface area contributed by atoms with E-state index in [9.17, 15) is 0 Å². The van der Waals surface area contributed by atoms with Gasteiger partial charge < -0.3 is 0 Å². The van der Waals surface area contributed by atoms with Crippen molar-refractivity contribution >= 4 is 23.1 Å². The largest absolute Gasteiger partial charge is 0.234 e. The van der Waals surface area contributed by atoms with Crippen LogP contribution in [0.15, 0.2) is 65.9 Å². The molecule has 0 radical (unpaired) electrons. The smallest absolute Gasteiger partial charge is 0.159 e. The number of aliphatic imine (C=N–C) groups is 1. The van der Waals surface area contributed by atoms with E-state index in [0.29, 0.717) is 11.5 Å². The fourth-order valence-electron chi connectivity index (χ4n) is 2.84. The van der Waals surface area contributed by atoms with Crippen LogP contribution in [0.4, 0.5) is 5.69 Å². The Balaban J connectivity index is 1.71. The molecule has 26 heavy (non-hydrogen) atoms. The van der Waals surface area contributed by atoms with Crippen molar-refractivity contribution in [1.29, 1.82) is 0 Å². The molecule has 0 saturated carbocycles. The molecule has 3 aromatic rings. The Hall–Kier alpha value is -2.68. The van der Waals surface area contributed by atoms with Gasteiger partial charge in [-0.2, -0.15) is 4.99 Å². The van der Waals surface area contributed by atoms with Crippen molar-refractivity contribution in [1.82, 2.24) is 9.97 Å². The SMILES string of the molecule is CCCCCc1ccc(-c2ccc(-c3ncc(N=C=S)cn3)cc2)cc1. The normalized spacial score (nSPS) is 10.3. The average Bonchev–Trinajstić information content (AvgIpc) is 2.70. The summed E-state index contributed by atoms with van der Waals surface area (Å²) in [6.45, 7) is 2.24. The summed E-state index contributed by atoms with van der Waals surface area (Å²) in [6.07, 6.45) is 8.27. The standard InChI is InChI=1S/C22H21N3S/c1-2-3-4-5-17-6-8-18(9-7-17)19-10-12-20(13-11-19)22-23-14-21(15-24-22)25-16-26/h6-15H,2-5H2,1H3. The van der Waals surface area contributed by atoms with E-state index in [2.05, 4.69) is 75.7 Å². The first-order chi connectivity index (χ1) is 12.8. The lowest BCUT2D eigenvalue weighted by Crippen LogP contribution is -1.88. The third-order valence-corrected chi connectivity index (χ3v) is 4.40. The number of rotatable bonds is 7. The number of hydrogen-bond donors (Lipinski definition) is 0. The topological polar surface area (TPSA) is 38.1 Å². The number of unbranched alkanes of at least 4 members (excludes halogenated alkanes) is 2. The lowest BCUT2D eigenvalue weighted by Gasteiger charge is -2.06. The number of benzene rings is 2. The molecule has 2 aromatic carbocycles. The van der Waals surface area contributed by atoms with Gasteiger partial charge in [-0.3, -0.25) is 0 Å². The Kier molecular flexibility index (Phi) is 6.37. The van der Waals surface area contributed by atoms with Crippen LogP contribution >= 0.6 is 12.2 Å². The van der Waals surface area contributed by atoms with Crippen molar-refractivity contribution in [3.05, 3.63) is 66.5 Å². The van der Waals surface area contributed by atoms with Crippen molar-refractivity contribution in [2.45, 2.75) is 32.6 Å². The molecule has 0 atom stereocenters. The minimum Gasteiger partial charge on any atom is -0.234 e. The van der Waals surface area contributed by atoms with Crippen molar-refractivity contribution in [3.8, 4) is 22.5 Å². The molecule has 0 N–H and O–H groups in total. The second-order valence-corrected chi connectivity index (χ2v) is 6.38. The predicted octanol–water partition coefficient (Wildman–Crippen LogP) is 6.28. The van der Waals surface area contributed by atoms with Gasteiger partial charge >= 0.3 is 0 Å². The van der Waals surface area contributed by atoms with E-state index < -0.39 is 0 Å². The second kappa shape index (κ2) is 9.14. The Morgan fingerprint density at radius 2 is 1.42 bits per heavy atom. The summed E-state index contributed by atoms with van der Waals surface area (Å²) in [5.74, 6) is 0.672. The number of aromatic nitrogens is 2. The molecule has 0 aliphatic rings. The van der Waals surface area contributed by atoms with E-state index in [0.717, 1.165) is 12.0 Å². The summed E-state index contributed by atoms with van der Waals surface area (Å²) in [4.78, 5) is 12.5. The van der Waals surface area contributed by atoms with Gasteiger partial charge in [0.05, 0.1) is 17.6 Å². The first kappa shape index (κ1) is 18.1. The maximum Gasteiger partial charge on any atom is 0.159 e. The fourth-order valence-corrected chi connectivity index (χ4v) is 2.94. The van der Waals surface area contributed by atoms with E-state index in [4.69, 9.17) is 0 Å². The predicted molar refractivity (Wildman–Crippen MR) is 111 cm³/mol. The van der Waals surface area contributed by atoms with Crippen LogP contribution in [0.25, 0.3) is 22.5 Å². The van der Waals surface area contributed by atoms with Crippen molar-refractivity contribution in [2.75, 3.05) is 0 Å². The molecule has 130 valence electrons. The summed E-state index contributed by atoms with van der Waals surface area (Å²) in [7, 11) is 0. The monoisotopic (exact) mass is 359 g/mol. The van der Waals surface area contributed by atoms with Crippen LogP contribution < -0.4 is 0 Å². The van der Waals surface area contributed by atoms with Crippen LogP contribution in [-0.4, -0.2) is 15.1 Å². The Morgan fingerprint density at radius 1 is 0.846 bits per heavy atom. The van der Waals surface area contributed by atoms with E-state index in [1.807, 2.05) is 12.1 Å². The molecule has 0 saturated heterocycles. The van der Waals surface area contributed by atoms with Gasteiger partial charge in [0.15, 0.2) is 5.82 Å². The summed E-state index contributed by atoms with van der Waals surface area (Å²) < 4.78 is 0. The summed E-state index contributed by atoms with van der Waals surface area (Å²) in [6, 6.07) is 17.2. The zero-order valence-corrected chi connectivity index (χ0v) is 15.7. The maximum atomic E-state index is 4.58. The molecule has 0 unspecified atom stereocenters. The van der Waals surface area contributed by atoms with Crippen LogP contribution in [-0.2, 0) is 6.42 Å². The molecule has 0 aliphatic heterocycles. The molecular formula is C22H21N3S. The van der Waals surface area contributed by atoms with E-state index in [1.165, 1.54) is 36.0 Å². The number of hydrogen-bond acceptors (Lipinski definition) is 4. The van der Waals surface area contributed by atoms with E-state index in [1.54, 1.807) is 12.4 Å². The van der Waals surface area contributed by atoms with Gasteiger partial charge in [0.2, 0.25) is 0 Å². The highest BCUT2D eigenvalue weighted by Gasteiger charge is 2.03. The van der Waals surface area contributed by atoms with Crippen molar-refractivity contribution in [2.24, 2.45) is 4.99 Å².